The molecule has 0 saturated carbocycles. The first kappa shape index (κ1) is 21.1. The average molecular weight is 378 g/mol. The third-order valence-electron chi connectivity index (χ3n) is 4.98. The highest BCUT2D eigenvalue weighted by Gasteiger charge is 2.40. The molecule has 0 radical (unpaired) electrons. The Balaban J connectivity index is 0.000000817. The van der Waals surface area contributed by atoms with Crippen molar-refractivity contribution in [2.24, 2.45) is 0 Å². The molecule has 150 valence electrons. The topological polar surface area (TPSA) is 95.0 Å². The van der Waals surface area contributed by atoms with Crippen LogP contribution in [0.5, 0.6) is 0 Å². The van der Waals surface area contributed by atoms with Crippen LogP contribution in [-0.2, 0) is 16.1 Å². The molecule has 8 nitrogen and oxygen atoms in total. The number of nitrogens with zero attached hydrogens (tertiary/aromatic N) is 3. The fraction of sp³-hybridized carbons (Fsp3) is 0.632. The lowest BCUT2D eigenvalue weighted by Gasteiger charge is -2.47. The first-order valence-electron chi connectivity index (χ1n) is 9.48. The lowest BCUT2D eigenvalue weighted by Crippen LogP contribution is -2.59. The van der Waals surface area contributed by atoms with E-state index in [1.165, 1.54) is 5.56 Å². The molecule has 1 aromatic rings. The summed E-state index contributed by atoms with van der Waals surface area (Å²) in [5.74, 6) is 0. The molecule has 2 N–H and O–H groups in total. The summed E-state index contributed by atoms with van der Waals surface area (Å²) in [6.07, 6.45) is 6.62. The van der Waals surface area contributed by atoms with Crippen LogP contribution in [0.2, 0.25) is 0 Å². The minimum absolute atomic E-state index is 0.0544. The van der Waals surface area contributed by atoms with E-state index in [-0.39, 0.29) is 18.1 Å². The highest BCUT2D eigenvalue weighted by Crippen LogP contribution is 2.30. The van der Waals surface area contributed by atoms with Crippen LogP contribution in [-0.4, -0.2) is 77.3 Å². The second kappa shape index (κ2) is 10.8. The molecule has 8 heteroatoms. The number of carbonyl (C=O) groups is 2. The third kappa shape index (κ3) is 6.48. The summed E-state index contributed by atoms with van der Waals surface area (Å²) >= 11 is 0. The number of aromatic nitrogens is 1. The van der Waals surface area contributed by atoms with Crippen LogP contribution in [0, 0.1) is 0 Å². The van der Waals surface area contributed by atoms with Gasteiger partial charge in [-0.05, 0) is 37.0 Å². The van der Waals surface area contributed by atoms with Gasteiger partial charge in [0.25, 0.3) is 6.47 Å². The molecule has 1 spiro atoms. The molecule has 2 fully saturated rings. The molecular formula is C19H30N4O4. The molecular weight excluding hydrogens is 348 g/mol. The maximum Gasteiger partial charge on any atom is 0.317 e. The number of pyridine rings is 1. The average Bonchev–Trinajstić information content (AvgIpc) is 2.70. The smallest absolute Gasteiger partial charge is 0.317 e. The Hall–Kier alpha value is -2.19. The second-order valence-corrected chi connectivity index (χ2v) is 6.92. The van der Waals surface area contributed by atoms with E-state index in [0.717, 1.165) is 45.4 Å². The van der Waals surface area contributed by atoms with Crippen molar-refractivity contribution in [3.63, 3.8) is 0 Å². The highest BCUT2D eigenvalue weighted by atomic mass is 16.5. The van der Waals surface area contributed by atoms with E-state index < -0.39 is 0 Å². The number of carboxylic acid groups (broad SMARTS) is 1. The van der Waals surface area contributed by atoms with Crippen molar-refractivity contribution < 1.29 is 19.4 Å². The number of hydrogen-bond acceptors (Lipinski definition) is 5. The van der Waals surface area contributed by atoms with Gasteiger partial charge in [-0.2, -0.15) is 0 Å². The summed E-state index contributed by atoms with van der Waals surface area (Å²) in [6, 6.07) is 4.20. The highest BCUT2D eigenvalue weighted by molar-refractivity contribution is 5.74. The van der Waals surface area contributed by atoms with Crippen molar-refractivity contribution >= 4 is 12.5 Å². The number of likely N-dealkylation sites (tertiary alicyclic amines) is 1. The van der Waals surface area contributed by atoms with E-state index in [1.807, 2.05) is 17.3 Å². The lowest BCUT2D eigenvalue weighted by molar-refractivity contribution is -0.126. The Morgan fingerprint density at radius 1 is 1.33 bits per heavy atom. The summed E-state index contributed by atoms with van der Waals surface area (Å²) in [4.78, 5) is 29.1. The summed E-state index contributed by atoms with van der Waals surface area (Å²) in [5.41, 5.74) is 1.14. The number of carbonyl (C=O) groups excluding carboxylic acids is 1. The van der Waals surface area contributed by atoms with Gasteiger partial charge < -0.3 is 20.1 Å². The first-order chi connectivity index (χ1) is 13.1. The predicted octanol–water partition coefficient (Wildman–Crippen LogP) is 1.57. The number of hydrogen-bond donors (Lipinski definition) is 2. The summed E-state index contributed by atoms with van der Waals surface area (Å²) in [6.45, 7) is 7.58. The standard InChI is InChI=1S/C18H28N4O2.CH2O2/c1-2-7-20-17(23)22-12-13-24-18(15-22)5-10-21(11-6-18)14-16-3-8-19-9-4-16;2-1-3/h3-4,8-9H,2,5-7,10-15H2,1H3,(H,20,23);1H,(H,2,3). The zero-order valence-corrected chi connectivity index (χ0v) is 16.0. The van der Waals surface area contributed by atoms with Crippen LogP contribution in [0.3, 0.4) is 0 Å². The molecule has 2 amide bonds. The van der Waals surface area contributed by atoms with Crippen molar-refractivity contribution in [1.82, 2.24) is 20.1 Å². The largest absolute Gasteiger partial charge is 0.483 e. The fourth-order valence-corrected chi connectivity index (χ4v) is 3.53. The van der Waals surface area contributed by atoms with E-state index in [9.17, 15) is 4.79 Å². The van der Waals surface area contributed by atoms with Gasteiger partial charge in [-0.1, -0.05) is 6.92 Å². The van der Waals surface area contributed by atoms with E-state index in [0.29, 0.717) is 19.7 Å². The molecule has 0 bridgehead atoms. The molecule has 2 aliphatic heterocycles. The Labute approximate surface area is 160 Å². The van der Waals surface area contributed by atoms with Crippen LogP contribution in [0.25, 0.3) is 0 Å². The summed E-state index contributed by atoms with van der Waals surface area (Å²) in [5, 5.41) is 9.87. The van der Waals surface area contributed by atoms with Gasteiger partial charge in [0.2, 0.25) is 0 Å². The van der Waals surface area contributed by atoms with E-state index >= 15 is 0 Å². The molecule has 1 aromatic heterocycles. The van der Waals surface area contributed by atoms with Gasteiger partial charge in [0.15, 0.2) is 0 Å². The van der Waals surface area contributed by atoms with Crippen LogP contribution < -0.4 is 5.32 Å². The van der Waals surface area contributed by atoms with Gasteiger partial charge in [0, 0.05) is 45.1 Å². The lowest BCUT2D eigenvalue weighted by atomic mass is 9.89. The third-order valence-corrected chi connectivity index (χ3v) is 4.98. The number of nitrogens with one attached hydrogen (secondary N) is 1. The molecule has 0 aliphatic carbocycles. The van der Waals surface area contributed by atoms with E-state index in [1.54, 1.807) is 0 Å². The fourth-order valence-electron chi connectivity index (χ4n) is 3.53. The van der Waals surface area contributed by atoms with Crippen molar-refractivity contribution in [3.8, 4) is 0 Å². The molecule has 2 aliphatic rings. The SMILES string of the molecule is CCCNC(=O)N1CCOC2(CCN(Cc3ccncc3)CC2)C1.O=CO. The number of rotatable bonds is 4. The zero-order valence-electron chi connectivity index (χ0n) is 16.0. The Morgan fingerprint density at radius 3 is 2.63 bits per heavy atom. The van der Waals surface area contributed by atoms with E-state index in [2.05, 4.69) is 34.3 Å². The molecule has 2 saturated heterocycles. The van der Waals surface area contributed by atoms with Crippen molar-refractivity contribution in [2.75, 3.05) is 39.3 Å². The van der Waals surface area contributed by atoms with Crippen molar-refractivity contribution in [2.45, 2.75) is 38.3 Å². The monoisotopic (exact) mass is 378 g/mol. The summed E-state index contributed by atoms with van der Waals surface area (Å²) in [7, 11) is 0. The van der Waals surface area contributed by atoms with Crippen LogP contribution in [0.4, 0.5) is 4.79 Å². The first-order valence-corrected chi connectivity index (χ1v) is 9.48. The number of ether oxygens (including phenoxy) is 1. The maximum atomic E-state index is 12.2. The minimum Gasteiger partial charge on any atom is -0.483 e. The molecule has 0 aromatic carbocycles. The number of urea groups is 1. The van der Waals surface area contributed by atoms with Crippen molar-refractivity contribution in [3.05, 3.63) is 30.1 Å². The number of amides is 2. The van der Waals surface area contributed by atoms with Gasteiger partial charge >= 0.3 is 6.03 Å². The number of piperidine rings is 1. The van der Waals surface area contributed by atoms with Gasteiger partial charge in [-0.15, -0.1) is 0 Å². The van der Waals surface area contributed by atoms with Crippen LogP contribution in [0.15, 0.2) is 24.5 Å². The second-order valence-electron chi connectivity index (χ2n) is 6.92. The number of morpholine rings is 1. The van der Waals surface area contributed by atoms with Crippen LogP contribution in [0.1, 0.15) is 31.7 Å². The van der Waals surface area contributed by atoms with Crippen molar-refractivity contribution in [1.29, 1.82) is 0 Å². The Kier molecular flexibility index (Phi) is 8.47. The molecule has 27 heavy (non-hydrogen) atoms. The van der Waals surface area contributed by atoms with Gasteiger partial charge in [0.1, 0.15) is 0 Å². The Bertz CT molecular complexity index is 576. The van der Waals surface area contributed by atoms with Gasteiger partial charge in [0.05, 0.1) is 18.8 Å². The normalized spacial score (nSPS) is 19.1. The molecule has 3 heterocycles. The van der Waals surface area contributed by atoms with Gasteiger partial charge in [-0.25, -0.2) is 4.79 Å². The van der Waals surface area contributed by atoms with E-state index in [4.69, 9.17) is 14.6 Å². The summed E-state index contributed by atoms with van der Waals surface area (Å²) < 4.78 is 6.13. The quantitative estimate of drug-likeness (QED) is 0.773. The minimum atomic E-state index is -0.250. The molecule has 0 atom stereocenters. The zero-order chi connectivity index (χ0) is 19.5. The predicted molar refractivity (Wildman–Crippen MR) is 101 cm³/mol. The molecule has 3 rings (SSSR count). The maximum absolute atomic E-state index is 12.2. The van der Waals surface area contributed by atoms with Gasteiger partial charge in [-0.3, -0.25) is 14.7 Å². The van der Waals surface area contributed by atoms with Crippen LogP contribution >= 0.6 is 0 Å². The molecule has 0 unspecified atom stereocenters. The Morgan fingerprint density at radius 2 is 2.00 bits per heavy atom.